The summed E-state index contributed by atoms with van der Waals surface area (Å²) >= 11 is 3.66. The van der Waals surface area contributed by atoms with Crippen molar-refractivity contribution in [3.05, 3.63) is 24.8 Å². The Morgan fingerprint density at radius 3 is 2.88 bits per heavy atom. The first-order valence-electron chi connectivity index (χ1n) is 6.09. The third-order valence-electron chi connectivity index (χ3n) is 3.63. The first-order chi connectivity index (χ1) is 7.49. The average Bonchev–Trinajstić information content (AvgIpc) is 2.23. The Bertz CT molecular complexity index is 259. The minimum Gasteiger partial charge on any atom is -0.370 e. The molecule has 1 heterocycles. The summed E-state index contributed by atoms with van der Waals surface area (Å²) in [5, 5.41) is 0. The zero-order chi connectivity index (χ0) is 12.2. The van der Waals surface area contributed by atoms with Crippen molar-refractivity contribution in [2.24, 2.45) is 5.92 Å². The van der Waals surface area contributed by atoms with Gasteiger partial charge in [-0.05, 0) is 39.0 Å². The van der Waals surface area contributed by atoms with Gasteiger partial charge in [0, 0.05) is 4.83 Å². The molecule has 0 radical (unpaired) electrons. The van der Waals surface area contributed by atoms with Crippen LogP contribution in [-0.2, 0) is 4.74 Å². The van der Waals surface area contributed by atoms with Gasteiger partial charge < -0.3 is 4.74 Å². The van der Waals surface area contributed by atoms with E-state index in [1.807, 2.05) is 12.2 Å². The van der Waals surface area contributed by atoms with Gasteiger partial charge in [0.15, 0.2) is 0 Å². The van der Waals surface area contributed by atoms with Crippen molar-refractivity contribution >= 4 is 15.9 Å². The summed E-state index contributed by atoms with van der Waals surface area (Å²) in [6.45, 7) is 10.4. The van der Waals surface area contributed by atoms with Gasteiger partial charge in [0.1, 0.15) is 0 Å². The van der Waals surface area contributed by atoms with E-state index in [0.29, 0.717) is 16.8 Å². The van der Waals surface area contributed by atoms with E-state index in [1.54, 1.807) is 0 Å². The molecule has 0 spiro atoms. The van der Waals surface area contributed by atoms with Crippen LogP contribution in [0.25, 0.3) is 0 Å². The number of alkyl halides is 1. The predicted octanol–water partition coefficient (Wildman–Crippen LogP) is 4.48. The highest BCUT2D eigenvalue weighted by Crippen LogP contribution is 2.38. The quantitative estimate of drug-likeness (QED) is 0.547. The number of halogens is 1. The number of allylic oxidation sites excluding steroid dienone is 2. The first kappa shape index (κ1) is 14.0. The summed E-state index contributed by atoms with van der Waals surface area (Å²) in [6, 6.07) is 0. The molecular weight excluding hydrogens is 264 g/mol. The molecule has 16 heavy (non-hydrogen) atoms. The summed E-state index contributed by atoms with van der Waals surface area (Å²) in [7, 11) is 0. The fourth-order valence-electron chi connectivity index (χ4n) is 2.10. The second kappa shape index (κ2) is 6.02. The molecule has 4 atom stereocenters. The summed E-state index contributed by atoms with van der Waals surface area (Å²) in [5.74, 6) is 0.647. The highest BCUT2D eigenvalue weighted by molar-refractivity contribution is 9.09. The molecule has 0 aromatic heterocycles. The minimum atomic E-state index is -0.0147. The second-order valence-electron chi connectivity index (χ2n) is 5.00. The molecule has 0 aromatic rings. The lowest BCUT2D eigenvalue weighted by Gasteiger charge is -2.43. The summed E-state index contributed by atoms with van der Waals surface area (Å²) in [4.78, 5) is 0.401. The zero-order valence-electron chi connectivity index (χ0n) is 10.6. The van der Waals surface area contributed by atoms with Crippen molar-refractivity contribution in [2.45, 2.75) is 56.6 Å². The van der Waals surface area contributed by atoms with Crippen LogP contribution in [0.5, 0.6) is 0 Å². The Morgan fingerprint density at radius 2 is 2.31 bits per heavy atom. The third kappa shape index (κ3) is 3.46. The normalized spacial score (nSPS) is 37.5. The van der Waals surface area contributed by atoms with Gasteiger partial charge in [-0.3, -0.25) is 0 Å². The van der Waals surface area contributed by atoms with Crippen LogP contribution in [0.15, 0.2) is 24.8 Å². The van der Waals surface area contributed by atoms with Crippen LogP contribution in [0.4, 0.5) is 0 Å². The van der Waals surface area contributed by atoms with E-state index in [2.05, 4.69) is 49.4 Å². The Hall–Kier alpha value is -0.0800. The van der Waals surface area contributed by atoms with Crippen molar-refractivity contribution in [3.8, 4) is 0 Å². The van der Waals surface area contributed by atoms with Gasteiger partial charge >= 0.3 is 0 Å². The van der Waals surface area contributed by atoms with E-state index in [-0.39, 0.29) is 5.60 Å². The Morgan fingerprint density at radius 1 is 1.62 bits per heavy atom. The van der Waals surface area contributed by atoms with Gasteiger partial charge in [-0.2, -0.15) is 0 Å². The molecule has 1 aliphatic rings. The minimum absolute atomic E-state index is 0.0147. The fraction of sp³-hybridized carbons (Fsp3) is 0.714. The van der Waals surface area contributed by atoms with Crippen molar-refractivity contribution in [2.75, 3.05) is 0 Å². The van der Waals surface area contributed by atoms with Crippen LogP contribution in [-0.4, -0.2) is 16.5 Å². The Labute approximate surface area is 108 Å². The average molecular weight is 287 g/mol. The molecule has 1 nitrogen and oxygen atoms in total. The van der Waals surface area contributed by atoms with Crippen molar-refractivity contribution < 1.29 is 4.74 Å². The molecular formula is C14H23BrO. The molecule has 1 saturated heterocycles. The maximum Gasteiger partial charge on any atom is 0.0780 e. The van der Waals surface area contributed by atoms with Gasteiger partial charge in [0.2, 0.25) is 0 Å². The van der Waals surface area contributed by atoms with E-state index in [0.717, 1.165) is 12.8 Å². The van der Waals surface area contributed by atoms with Gasteiger partial charge in [-0.15, -0.1) is 0 Å². The highest BCUT2D eigenvalue weighted by atomic mass is 79.9. The van der Waals surface area contributed by atoms with E-state index < -0.39 is 0 Å². The molecule has 0 bridgehead atoms. The molecule has 1 aliphatic heterocycles. The zero-order valence-corrected chi connectivity index (χ0v) is 12.2. The van der Waals surface area contributed by atoms with Crippen molar-refractivity contribution in [3.63, 3.8) is 0 Å². The molecule has 0 aliphatic carbocycles. The smallest absolute Gasteiger partial charge is 0.0780 e. The molecule has 2 heteroatoms. The number of rotatable bonds is 4. The molecule has 0 N–H and O–H groups in total. The lowest BCUT2D eigenvalue weighted by molar-refractivity contribution is -0.136. The lowest BCUT2D eigenvalue weighted by atomic mass is 9.84. The van der Waals surface area contributed by atoms with Crippen molar-refractivity contribution in [1.82, 2.24) is 0 Å². The Balaban J connectivity index is 2.61. The predicted molar refractivity (Wildman–Crippen MR) is 74.0 cm³/mol. The fourth-order valence-corrected chi connectivity index (χ4v) is 2.44. The topological polar surface area (TPSA) is 9.23 Å². The molecule has 4 unspecified atom stereocenters. The monoisotopic (exact) mass is 286 g/mol. The molecule has 1 fully saturated rings. The maximum absolute atomic E-state index is 6.26. The van der Waals surface area contributed by atoms with Crippen LogP contribution < -0.4 is 0 Å². The van der Waals surface area contributed by atoms with E-state index in [9.17, 15) is 0 Å². The standard InChI is InChI=1S/C14H23BrO/c1-5-6-7-8-13-11(2)9-10-14(4,16-13)12(3)15/h5-7,11-13H,1,8-10H2,2-4H3. The first-order valence-corrected chi connectivity index (χ1v) is 7.00. The number of hydrogen-bond donors (Lipinski definition) is 0. The number of ether oxygens (including phenoxy) is 1. The molecule has 1 rings (SSSR count). The number of hydrogen-bond acceptors (Lipinski definition) is 1. The van der Waals surface area contributed by atoms with Crippen LogP contribution in [0, 0.1) is 5.92 Å². The largest absolute Gasteiger partial charge is 0.370 e. The third-order valence-corrected chi connectivity index (χ3v) is 4.60. The van der Waals surface area contributed by atoms with Gasteiger partial charge in [0.05, 0.1) is 11.7 Å². The lowest BCUT2D eigenvalue weighted by Crippen LogP contribution is -2.46. The van der Waals surface area contributed by atoms with E-state index in [1.165, 1.54) is 6.42 Å². The second-order valence-corrected chi connectivity index (χ2v) is 6.37. The SMILES string of the molecule is C=CC=CCC1OC(C)(C(C)Br)CCC1C. The Kier molecular flexibility index (Phi) is 5.26. The summed E-state index contributed by atoms with van der Waals surface area (Å²) in [6.07, 6.45) is 9.69. The van der Waals surface area contributed by atoms with Crippen LogP contribution in [0.1, 0.15) is 40.0 Å². The van der Waals surface area contributed by atoms with Gasteiger partial charge in [-0.1, -0.05) is 47.7 Å². The summed E-state index contributed by atoms with van der Waals surface area (Å²) < 4.78 is 6.26. The highest BCUT2D eigenvalue weighted by Gasteiger charge is 2.39. The van der Waals surface area contributed by atoms with Crippen LogP contribution >= 0.6 is 15.9 Å². The molecule has 92 valence electrons. The maximum atomic E-state index is 6.26. The van der Waals surface area contributed by atoms with E-state index in [4.69, 9.17) is 4.74 Å². The van der Waals surface area contributed by atoms with Crippen molar-refractivity contribution in [1.29, 1.82) is 0 Å². The van der Waals surface area contributed by atoms with Crippen LogP contribution in [0.2, 0.25) is 0 Å². The molecule has 0 amide bonds. The molecule has 0 saturated carbocycles. The van der Waals surface area contributed by atoms with Gasteiger partial charge in [0.25, 0.3) is 0 Å². The molecule has 0 aromatic carbocycles. The van der Waals surface area contributed by atoms with E-state index >= 15 is 0 Å². The summed E-state index contributed by atoms with van der Waals surface area (Å²) in [5.41, 5.74) is -0.0147. The van der Waals surface area contributed by atoms with Gasteiger partial charge in [-0.25, -0.2) is 0 Å². The van der Waals surface area contributed by atoms with Crippen LogP contribution in [0.3, 0.4) is 0 Å².